The number of hydrogen-bond acceptors (Lipinski definition) is 6. The van der Waals surface area contributed by atoms with Crippen molar-refractivity contribution in [2.75, 3.05) is 18.5 Å². The van der Waals surface area contributed by atoms with Crippen LogP contribution in [0.15, 0.2) is 35.4 Å². The molecule has 0 unspecified atom stereocenters. The molecule has 0 fully saturated rings. The summed E-state index contributed by atoms with van der Waals surface area (Å²) in [4.78, 5) is 18.1. The number of carbonyl (C=O) groups excluding carboxylic acids is 1. The fourth-order valence-electron chi connectivity index (χ4n) is 2.16. The van der Waals surface area contributed by atoms with Gasteiger partial charge >= 0.3 is 0 Å². The second-order valence-corrected chi connectivity index (χ2v) is 6.43. The van der Waals surface area contributed by atoms with Crippen LogP contribution in [0.2, 0.25) is 0 Å². The Balaban J connectivity index is 2.05. The van der Waals surface area contributed by atoms with Gasteiger partial charge in [-0.2, -0.15) is 10.5 Å². The predicted molar refractivity (Wildman–Crippen MR) is 96.5 cm³/mol. The van der Waals surface area contributed by atoms with Crippen molar-refractivity contribution in [1.29, 1.82) is 10.5 Å². The van der Waals surface area contributed by atoms with Crippen LogP contribution in [0, 0.1) is 29.6 Å². The van der Waals surface area contributed by atoms with Gasteiger partial charge in [0.25, 0.3) is 0 Å². The van der Waals surface area contributed by atoms with E-state index in [1.165, 1.54) is 6.07 Å². The van der Waals surface area contributed by atoms with E-state index in [1.54, 1.807) is 11.9 Å². The van der Waals surface area contributed by atoms with Gasteiger partial charge in [-0.15, -0.1) is 0 Å². The quantitative estimate of drug-likeness (QED) is 0.829. The summed E-state index contributed by atoms with van der Waals surface area (Å²) in [5, 5.41) is 18.5. The highest BCUT2D eigenvalue weighted by atomic mass is 32.2. The van der Waals surface area contributed by atoms with E-state index < -0.39 is 0 Å². The van der Waals surface area contributed by atoms with Crippen molar-refractivity contribution >= 4 is 23.5 Å². The number of nitriles is 2. The third-order valence-corrected chi connectivity index (χ3v) is 4.66. The summed E-state index contributed by atoms with van der Waals surface area (Å²) >= 11 is 1.14. The maximum Gasteiger partial charge on any atom is 0.233 e. The molecule has 0 atom stereocenters. The summed E-state index contributed by atoms with van der Waals surface area (Å²) in [5.74, 6) is 0.113. The van der Waals surface area contributed by atoms with E-state index in [-0.39, 0.29) is 28.6 Å². The van der Waals surface area contributed by atoms with Crippen LogP contribution in [0.5, 0.6) is 0 Å². The molecule has 0 bridgehead atoms. The number of hydrogen-bond donors (Lipinski definition) is 1. The fourth-order valence-corrected chi connectivity index (χ4v) is 3.06. The molecule has 0 aliphatic carbocycles. The minimum atomic E-state index is -0.0816. The van der Waals surface area contributed by atoms with Crippen molar-refractivity contribution in [3.8, 4) is 12.1 Å². The van der Waals surface area contributed by atoms with E-state index in [9.17, 15) is 10.1 Å². The lowest BCUT2D eigenvalue weighted by Gasteiger charge is -2.18. The van der Waals surface area contributed by atoms with E-state index in [4.69, 9.17) is 11.0 Å². The van der Waals surface area contributed by atoms with Gasteiger partial charge in [0, 0.05) is 13.6 Å². The minimum Gasteiger partial charge on any atom is -0.383 e. The summed E-state index contributed by atoms with van der Waals surface area (Å²) in [5.41, 5.74) is 8.30. The number of pyridine rings is 1. The largest absolute Gasteiger partial charge is 0.383 e. The maximum atomic E-state index is 12.4. The second kappa shape index (κ2) is 8.18. The molecular weight excluding hydrogens is 334 g/mol. The molecule has 1 amide bonds. The predicted octanol–water partition coefficient (Wildman–Crippen LogP) is 2.47. The van der Waals surface area contributed by atoms with Crippen LogP contribution in [0.4, 0.5) is 5.82 Å². The summed E-state index contributed by atoms with van der Waals surface area (Å²) < 4.78 is 0. The van der Waals surface area contributed by atoms with Crippen LogP contribution < -0.4 is 5.73 Å². The van der Waals surface area contributed by atoms with Gasteiger partial charge in [0.1, 0.15) is 23.0 Å². The maximum absolute atomic E-state index is 12.4. The number of thioether (sulfide) groups is 1. The zero-order valence-corrected chi connectivity index (χ0v) is 14.8. The fraction of sp³-hybridized carbons (Fsp3) is 0.222. The van der Waals surface area contributed by atoms with Crippen molar-refractivity contribution in [2.45, 2.75) is 18.5 Å². The smallest absolute Gasteiger partial charge is 0.233 e. The molecule has 25 heavy (non-hydrogen) atoms. The Bertz CT molecular complexity index is 882. The lowest BCUT2D eigenvalue weighted by atomic mass is 10.1. The molecule has 2 N–H and O–H groups in total. The Hall–Kier alpha value is -3.03. The number of rotatable bonds is 5. The summed E-state index contributed by atoms with van der Waals surface area (Å²) in [6.07, 6.45) is 0. The van der Waals surface area contributed by atoms with Crippen molar-refractivity contribution in [3.63, 3.8) is 0 Å². The Morgan fingerprint density at radius 2 is 1.96 bits per heavy atom. The molecule has 0 aliphatic rings. The van der Waals surface area contributed by atoms with Crippen LogP contribution in [0.3, 0.4) is 0 Å². The minimum absolute atomic E-state index is 0.0599. The second-order valence-electron chi connectivity index (χ2n) is 5.46. The van der Waals surface area contributed by atoms with Crippen LogP contribution in [0.25, 0.3) is 0 Å². The van der Waals surface area contributed by atoms with Crippen molar-refractivity contribution in [2.24, 2.45) is 0 Å². The Morgan fingerprint density at radius 3 is 2.60 bits per heavy atom. The molecule has 7 heteroatoms. The summed E-state index contributed by atoms with van der Waals surface area (Å²) in [6, 6.07) is 13.2. The topological polar surface area (TPSA) is 107 Å². The molecule has 0 radical (unpaired) electrons. The van der Waals surface area contributed by atoms with E-state index in [2.05, 4.69) is 4.98 Å². The van der Waals surface area contributed by atoms with E-state index in [0.717, 1.165) is 22.9 Å². The Morgan fingerprint density at radius 1 is 1.28 bits per heavy atom. The molecule has 0 saturated carbocycles. The van der Waals surface area contributed by atoms with Crippen molar-refractivity contribution in [3.05, 3.63) is 52.6 Å². The third kappa shape index (κ3) is 4.50. The SMILES string of the molecule is Cc1ccccc1CN(C)C(=O)CSc1nc(N)c(C#N)cc1C#N. The molecule has 2 aromatic rings. The van der Waals surface area contributed by atoms with Gasteiger partial charge in [0.05, 0.1) is 16.9 Å². The first-order valence-corrected chi connectivity index (χ1v) is 8.46. The molecule has 0 saturated heterocycles. The van der Waals surface area contributed by atoms with E-state index >= 15 is 0 Å². The average molecular weight is 351 g/mol. The normalized spacial score (nSPS) is 9.92. The molecule has 6 nitrogen and oxygen atoms in total. The Labute approximate surface area is 150 Å². The number of nitrogens with zero attached hydrogens (tertiary/aromatic N) is 4. The van der Waals surface area contributed by atoms with Crippen LogP contribution in [-0.2, 0) is 11.3 Å². The highest BCUT2D eigenvalue weighted by Gasteiger charge is 2.15. The Kier molecular flexibility index (Phi) is 5.99. The first-order chi connectivity index (χ1) is 12.0. The van der Waals surface area contributed by atoms with Gasteiger partial charge in [-0.3, -0.25) is 4.79 Å². The van der Waals surface area contributed by atoms with Crippen LogP contribution in [0.1, 0.15) is 22.3 Å². The summed E-state index contributed by atoms with van der Waals surface area (Å²) in [7, 11) is 1.74. The van der Waals surface area contributed by atoms with Gasteiger partial charge in [-0.05, 0) is 24.1 Å². The number of benzene rings is 1. The van der Waals surface area contributed by atoms with Gasteiger partial charge in [0.2, 0.25) is 5.91 Å². The highest BCUT2D eigenvalue weighted by Crippen LogP contribution is 2.24. The third-order valence-electron chi connectivity index (χ3n) is 3.68. The number of nitrogens with two attached hydrogens (primary N) is 1. The number of carbonyl (C=O) groups is 1. The van der Waals surface area contributed by atoms with Crippen molar-refractivity contribution < 1.29 is 4.79 Å². The number of nitrogen functional groups attached to an aromatic ring is 1. The van der Waals surface area contributed by atoms with Gasteiger partial charge < -0.3 is 10.6 Å². The highest BCUT2D eigenvalue weighted by molar-refractivity contribution is 8.00. The van der Waals surface area contributed by atoms with Gasteiger partial charge in [-0.1, -0.05) is 36.0 Å². The van der Waals surface area contributed by atoms with Gasteiger partial charge in [0.15, 0.2) is 0 Å². The molecule has 0 spiro atoms. The first kappa shape index (κ1) is 18.3. The zero-order valence-electron chi connectivity index (χ0n) is 14.0. The number of anilines is 1. The van der Waals surface area contributed by atoms with Crippen molar-refractivity contribution in [1.82, 2.24) is 9.88 Å². The average Bonchev–Trinajstić information content (AvgIpc) is 2.61. The molecule has 1 aromatic carbocycles. The molecular formula is C18H17N5OS. The summed E-state index contributed by atoms with van der Waals surface area (Å²) in [6.45, 7) is 2.52. The first-order valence-electron chi connectivity index (χ1n) is 7.48. The van der Waals surface area contributed by atoms with Crippen LogP contribution in [-0.4, -0.2) is 28.6 Å². The zero-order chi connectivity index (χ0) is 18.4. The lowest BCUT2D eigenvalue weighted by molar-refractivity contribution is -0.127. The monoisotopic (exact) mass is 351 g/mol. The molecule has 2 rings (SSSR count). The van der Waals surface area contributed by atoms with E-state index in [1.807, 2.05) is 43.3 Å². The molecule has 1 aromatic heterocycles. The van der Waals surface area contributed by atoms with E-state index in [0.29, 0.717) is 11.6 Å². The lowest BCUT2D eigenvalue weighted by Crippen LogP contribution is -2.28. The number of aryl methyl sites for hydroxylation is 1. The number of aromatic nitrogens is 1. The molecule has 126 valence electrons. The standard InChI is InChI=1S/C18H17N5OS/c1-12-5-3-4-6-13(12)10-23(2)16(24)11-25-18-15(9-20)7-14(8-19)17(21)22-18/h3-7H,10-11H2,1-2H3,(H2,21,22). The molecule has 1 heterocycles. The molecule has 0 aliphatic heterocycles. The number of amides is 1. The van der Waals surface area contributed by atoms with Gasteiger partial charge in [-0.25, -0.2) is 4.98 Å². The van der Waals surface area contributed by atoms with Crippen LogP contribution >= 0.6 is 11.8 Å².